The van der Waals surface area contributed by atoms with Gasteiger partial charge in [-0.3, -0.25) is 14.4 Å². The molecule has 1 atom stereocenters. The van der Waals surface area contributed by atoms with E-state index in [0.29, 0.717) is 29.3 Å². The highest BCUT2D eigenvalue weighted by Gasteiger charge is 2.33. The van der Waals surface area contributed by atoms with Crippen LogP contribution in [0.5, 0.6) is 11.5 Å². The van der Waals surface area contributed by atoms with Gasteiger partial charge >= 0.3 is 0 Å². The maximum atomic E-state index is 14.0. The van der Waals surface area contributed by atoms with Crippen LogP contribution in [0.3, 0.4) is 0 Å². The molecule has 9 nitrogen and oxygen atoms in total. The van der Waals surface area contributed by atoms with Crippen molar-refractivity contribution in [3.63, 3.8) is 0 Å². The number of hydrogen-bond donors (Lipinski definition) is 2. The predicted molar refractivity (Wildman–Crippen MR) is 161 cm³/mol. The molecule has 1 fully saturated rings. The number of amides is 3. The fourth-order valence-electron chi connectivity index (χ4n) is 5.22. The minimum atomic E-state index is -0.852. The van der Waals surface area contributed by atoms with Gasteiger partial charge in [-0.1, -0.05) is 49.6 Å². The molecule has 0 unspecified atom stereocenters. The number of pyridine rings is 1. The van der Waals surface area contributed by atoms with Crippen molar-refractivity contribution in [1.82, 2.24) is 15.2 Å². The van der Waals surface area contributed by atoms with Crippen LogP contribution in [-0.2, 0) is 20.9 Å². The molecule has 3 amide bonds. The molecule has 1 saturated carbocycles. The molecular weight excluding hydrogens is 532 g/mol. The lowest BCUT2D eigenvalue weighted by molar-refractivity contribution is -0.142. The molecule has 2 aromatic carbocycles. The van der Waals surface area contributed by atoms with E-state index in [0.717, 1.165) is 31.2 Å². The second-order valence-corrected chi connectivity index (χ2v) is 10.5. The van der Waals surface area contributed by atoms with Crippen LogP contribution in [0.15, 0.2) is 72.9 Å². The van der Waals surface area contributed by atoms with Gasteiger partial charge < -0.3 is 25.0 Å². The Hall–Kier alpha value is -4.40. The van der Waals surface area contributed by atoms with Gasteiger partial charge in [-0.05, 0) is 66.8 Å². The van der Waals surface area contributed by atoms with Crippen LogP contribution in [-0.4, -0.2) is 47.9 Å². The average molecular weight is 573 g/mol. The van der Waals surface area contributed by atoms with Crippen LogP contribution >= 0.6 is 0 Å². The second-order valence-electron chi connectivity index (χ2n) is 10.5. The van der Waals surface area contributed by atoms with E-state index < -0.39 is 6.04 Å². The van der Waals surface area contributed by atoms with Crippen LogP contribution in [0.4, 0.5) is 5.82 Å². The van der Waals surface area contributed by atoms with Crippen molar-refractivity contribution >= 4 is 23.5 Å². The first-order valence-electron chi connectivity index (χ1n) is 14.5. The van der Waals surface area contributed by atoms with Gasteiger partial charge in [-0.2, -0.15) is 0 Å². The Bertz CT molecular complexity index is 1290. The Balaban J connectivity index is 1.56. The largest absolute Gasteiger partial charge is 0.497 e. The molecule has 0 radical (unpaired) electrons. The topological polar surface area (TPSA) is 110 Å². The Kier molecular flexibility index (Phi) is 11.3. The normalized spacial score (nSPS) is 14.0. The van der Waals surface area contributed by atoms with Gasteiger partial charge in [0.15, 0.2) is 0 Å². The van der Waals surface area contributed by atoms with Gasteiger partial charge in [0.05, 0.1) is 14.2 Å². The highest BCUT2D eigenvalue weighted by molar-refractivity contribution is 5.91. The monoisotopic (exact) mass is 572 g/mol. The Labute approximate surface area is 247 Å². The highest BCUT2D eigenvalue weighted by atomic mass is 16.5. The lowest BCUT2D eigenvalue weighted by atomic mass is 9.94. The fourth-order valence-corrected chi connectivity index (χ4v) is 5.22. The van der Waals surface area contributed by atoms with E-state index >= 15 is 0 Å². The molecule has 9 heteroatoms. The van der Waals surface area contributed by atoms with E-state index in [1.54, 1.807) is 55.6 Å². The molecule has 42 heavy (non-hydrogen) atoms. The van der Waals surface area contributed by atoms with Gasteiger partial charge in [0.1, 0.15) is 23.4 Å². The molecule has 3 aromatic rings. The summed E-state index contributed by atoms with van der Waals surface area (Å²) in [5, 5.41) is 5.99. The van der Waals surface area contributed by atoms with Crippen molar-refractivity contribution in [1.29, 1.82) is 0 Å². The third-order valence-electron chi connectivity index (χ3n) is 7.50. The number of methoxy groups -OCH3 is 2. The van der Waals surface area contributed by atoms with E-state index in [2.05, 4.69) is 15.6 Å². The molecule has 1 aromatic heterocycles. The van der Waals surface area contributed by atoms with Crippen molar-refractivity contribution in [3.05, 3.63) is 84.1 Å². The Morgan fingerprint density at radius 3 is 2.17 bits per heavy atom. The summed E-state index contributed by atoms with van der Waals surface area (Å²) in [4.78, 5) is 46.1. The average Bonchev–Trinajstić information content (AvgIpc) is 3.02. The zero-order valence-corrected chi connectivity index (χ0v) is 24.4. The minimum Gasteiger partial charge on any atom is -0.497 e. The molecule has 1 heterocycles. The first-order chi connectivity index (χ1) is 20.5. The zero-order chi connectivity index (χ0) is 29.7. The van der Waals surface area contributed by atoms with E-state index in [4.69, 9.17) is 9.47 Å². The maximum absolute atomic E-state index is 14.0. The summed E-state index contributed by atoms with van der Waals surface area (Å²) in [5.74, 6) is 1.20. The third-order valence-corrected chi connectivity index (χ3v) is 7.50. The minimum absolute atomic E-state index is 0.0835. The summed E-state index contributed by atoms with van der Waals surface area (Å²) >= 11 is 0. The maximum Gasteiger partial charge on any atom is 0.247 e. The molecule has 222 valence electrons. The van der Waals surface area contributed by atoms with Crippen LogP contribution in [0.25, 0.3) is 0 Å². The zero-order valence-electron chi connectivity index (χ0n) is 24.4. The quantitative estimate of drug-likeness (QED) is 0.283. The van der Waals surface area contributed by atoms with Gasteiger partial charge in [-0.25, -0.2) is 4.98 Å². The van der Waals surface area contributed by atoms with Crippen molar-refractivity contribution in [2.45, 2.75) is 70.0 Å². The van der Waals surface area contributed by atoms with E-state index in [-0.39, 0.29) is 43.1 Å². The van der Waals surface area contributed by atoms with Crippen molar-refractivity contribution in [2.75, 3.05) is 19.5 Å². The number of carbonyl (C=O) groups excluding carboxylic acids is 3. The summed E-state index contributed by atoms with van der Waals surface area (Å²) in [6.07, 6.45) is 7.38. The number of aromatic nitrogens is 1. The lowest BCUT2D eigenvalue weighted by Gasteiger charge is -2.33. The number of carbonyl (C=O) groups is 3. The van der Waals surface area contributed by atoms with E-state index in [1.165, 1.54) is 6.42 Å². The van der Waals surface area contributed by atoms with E-state index in [9.17, 15) is 14.4 Å². The number of nitrogens with zero attached hydrogens (tertiary/aromatic N) is 2. The van der Waals surface area contributed by atoms with Gasteiger partial charge in [-0.15, -0.1) is 0 Å². The molecule has 0 spiro atoms. The number of anilines is 1. The number of hydrogen-bond acceptors (Lipinski definition) is 6. The first kappa shape index (κ1) is 30.6. The molecule has 0 saturated heterocycles. The third kappa shape index (κ3) is 8.80. The van der Waals surface area contributed by atoms with Crippen LogP contribution in [0.2, 0.25) is 0 Å². The van der Waals surface area contributed by atoms with Gasteiger partial charge in [0.25, 0.3) is 0 Å². The van der Waals surface area contributed by atoms with Crippen LogP contribution < -0.4 is 20.1 Å². The van der Waals surface area contributed by atoms with Crippen molar-refractivity contribution in [3.8, 4) is 11.5 Å². The number of benzene rings is 2. The summed E-state index contributed by atoms with van der Waals surface area (Å²) in [6, 6.07) is 19.2. The number of ether oxygens (including phenoxy) is 2. The molecule has 1 aliphatic rings. The number of rotatable bonds is 13. The van der Waals surface area contributed by atoms with Gasteiger partial charge in [0, 0.05) is 31.6 Å². The summed E-state index contributed by atoms with van der Waals surface area (Å²) < 4.78 is 10.6. The smallest absolute Gasteiger partial charge is 0.247 e. The lowest BCUT2D eigenvalue weighted by Crippen LogP contribution is -2.46. The predicted octanol–water partition coefficient (Wildman–Crippen LogP) is 5.43. The summed E-state index contributed by atoms with van der Waals surface area (Å²) in [7, 11) is 3.19. The molecule has 0 aliphatic heterocycles. The highest BCUT2D eigenvalue weighted by Crippen LogP contribution is 2.28. The summed E-state index contributed by atoms with van der Waals surface area (Å²) in [6.45, 7) is 0.220. The molecule has 1 aliphatic carbocycles. The number of nitrogens with one attached hydrogen (secondary N) is 2. The SMILES string of the molecule is COc1ccc(CN(C(=O)CCCC(=O)Nc2ccccn2)[C@@H](C(=O)NC2CCCCC2)c2ccc(OC)cc2)cc1. The Morgan fingerprint density at radius 2 is 1.55 bits per heavy atom. The standard InChI is InChI=1S/C33H40N4O5/c1-41-27-18-14-24(15-19-27)23-37(31(39)13-8-12-30(38)36-29-11-6-7-22-34-29)32(25-16-20-28(42-2)21-17-25)33(40)35-26-9-4-3-5-10-26/h6-7,11,14-22,26,32H,3-5,8-10,12-13,23H2,1-2H3,(H,35,40)(H,34,36,38)/t32-/m1/s1. The van der Waals surface area contributed by atoms with Crippen molar-refractivity contribution < 1.29 is 23.9 Å². The second kappa shape index (κ2) is 15.6. The summed E-state index contributed by atoms with van der Waals surface area (Å²) in [5.41, 5.74) is 1.56. The van der Waals surface area contributed by atoms with Crippen LogP contribution in [0.1, 0.15) is 68.5 Å². The van der Waals surface area contributed by atoms with Crippen molar-refractivity contribution in [2.24, 2.45) is 0 Å². The molecule has 2 N–H and O–H groups in total. The fraction of sp³-hybridized carbons (Fsp3) is 0.394. The van der Waals surface area contributed by atoms with Crippen LogP contribution in [0, 0.1) is 0 Å². The molecule has 0 bridgehead atoms. The van der Waals surface area contributed by atoms with Gasteiger partial charge in [0.2, 0.25) is 17.7 Å². The molecular formula is C33H40N4O5. The Morgan fingerprint density at radius 1 is 0.881 bits per heavy atom. The molecule has 4 rings (SSSR count). The van der Waals surface area contributed by atoms with E-state index in [1.807, 2.05) is 36.4 Å². The first-order valence-corrected chi connectivity index (χ1v) is 14.5.